The molecule has 1 heterocycles. The SMILES string of the molecule is CCC(O)COc1c(Br)cc(C(C)(C)c2cc(Br)c(OCC(O)COc3ccc(C(C)(C)c4ccc(OCC5CO5)cc4)cc3)c(Br)c2)cc1Br. The summed E-state index contributed by atoms with van der Waals surface area (Å²) in [4.78, 5) is 0. The van der Waals surface area contributed by atoms with E-state index in [1.165, 1.54) is 5.56 Å². The summed E-state index contributed by atoms with van der Waals surface area (Å²) in [6.07, 6.45) is -0.524. The van der Waals surface area contributed by atoms with Gasteiger partial charge in [0.15, 0.2) is 0 Å². The first kappa shape index (κ1) is 40.1. The highest BCUT2D eigenvalue weighted by molar-refractivity contribution is 9.11. The van der Waals surface area contributed by atoms with Gasteiger partial charge in [-0.05, 0) is 141 Å². The molecule has 11 heteroatoms. The second kappa shape index (κ2) is 17.3. The number of ether oxygens (including phenoxy) is 5. The Bertz CT molecular complexity index is 1730. The maximum absolute atomic E-state index is 10.7. The lowest BCUT2D eigenvalue weighted by atomic mass is 9.78. The molecule has 3 atom stereocenters. The molecule has 1 fully saturated rings. The van der Waals surface area contributed by atoms with Crippen LogP contribution in [0.2, 0.25) is 0 Å². The van der Waals surface area contributed by atoms with Crippen molar-refractivity contribution in [2.24, 2.45) is 0 Å². The molecule has 1 aliphatic rings. The summed E-state index contributed by atoms with van der Waals surface area (Å²) in [6.45, 7) is 12.3. The van der Waals surface area contributed by atoms with Crippen molar-refractivity contribution in [1.29, 1.82) is 0 Å². The Morgan fingerprint density at radius 2 is 0.980 bits per heavy atom. The third-order valence-electron chi connectivity index (χ3n) is 9.18. The Balaban J connectivity index is 1.15. The molecule has 4 aromatic rings. The van der Waals surface area contributed by atoms with Crippen LogP contribution in [0, 0.1) is 0 Å². The second-order valence-electron chi connectivity index (χ2n) is 13.8. The van der Waals surface area contributed by atoms with Crippen LogP contribution in [0.4, 0.5) is 0 Å². The number of benzene rings is 4. The van der Waals surface area contributed by atoms with Gasteiger partial charge in [-0.3, -0.25) is 0 Å². The van der Waals surface area contributed by atoms with E-state index in [1.54, 1.807) is 0 Å². The fourth-order valence-electron chi connectivity index (χ4n) is 5.46. The molecule has 0 aromatic heterocycles. The van der Waals surface area contributed by atoms with Crippen molar-refractivity contribution in [2.75, 3.05) is 33.0 Å². The van der Waals surface area contributed by atoms with Gasteiger partial charge in [0.2, 0.25) is 0 Å². The van der Waals surface area contributed by atoms with Crippen molar-refractivity contribution in [3.8, 4) is 23.0 Å². The van der Waals surface area contributed by atoms with Crippen LogP contribution in [0.1, 0.15) is 63.3 Å². The normalized spacial score (nSPS) is 15.6. The van der Waals surface area contributed by atoms with E-state index in [9.17, 15) is 10.2 Å². The predicted octanol–water partition coefficient (Wildman–Crippen LogP) is 10.1. The highest BCUT2D eigenvalue weighted by atomic mass is 79.9. The summed E-state index contributed by atoms with van der Waals surface area (Å²) < 4.78 is 32.0. The zero-order valence-electron chi connectivity index (χ0n) is 29.4. The number of epoxide rings is 1. The number of aliphatic hydroxyl groups is 2. The van der Waals surface area contributed by atoms with E-state index >= 15 is 0 Å². The third kappa shape index (κ3) is 10.3. The van der Waals surface area contributed by atoms with Crippen molar-refractivity contribution >= 4 is 63.7 Å². The van der Waals surface area contributed by atoms with Gasteiger partial charge in [0.1, 0.15) is 61.6 Å². The molecule has 0 bridgehead atoms. The summed E-state index contributed by atoms with van der Waals surface area (Å²) in [7, 11) is 0. The average Bonchev–Trinajstić information content (AvgIpc) is 3.94. The van der Waals surface area contributed by atoms with Gasteiger partial charge in [-0.1, -0.05) is 58.9 Å². The lowest BCUT2D eigenvalue weighted by molar-refractivity contribution is 0.0621. The maximum Gasteiger partial charge on any atom is 0.147 e. The average molecular weight is 956 g/mol. The van der Waals surface area contributed by atoms with Crippen molar-refractivity contribution in [1.82, 2.24) is 0 Å². The van der Waals surface area contributed by atoms with Gasteiger partial charge in [-0.25, -0.2) is 0 Å². The van der Waals surface area contributed by atoms with Crippen molar-refractivity contribution in [3.05, 3.63) is 113 Å². The Morgan fingerprint density at radius 1 is 0.608 bits per heavy atom. The molecule has 274 valence electrons. The van der Waals surface area contributed by atoms with Crippen LogP contribution in [0.5, 0.6) is 23.0 Å². The zero-order valence-corrected chi connectivity index (χ0v) is 35.7. The van der Waals surface area contributed by atoms with Crippen molar-refractivity contribution in [2.45, 2.75) is 70.2 Å². The molecule has 7 nitrogen and oxygen atoms in total. The Hall–Kier alpha value is -2.12. The molecule has 0 spiro atoms. The summed E-state index contributed by atoms with van der Waals surface area (Å²) in [5.74, 6) is 2.76. The number of halogens is 4. The van der Waals surface area contributed by atoms with E-state index < -0.39 is 12.2 Å². The van der Waals surface area contributed by atoms with Gasteiger partial charge < -0.3 is 33.9 Å². The fraction of sp³-hybridized carbons (Fsp3) is 0.400. The summed E-state index contributed by atoms with van der Waals surface area (Å²) >= 11 is 14.7. The number of hydrogen-bond acceptors (Lipinski definition) is 7. The molecular weight excluding hydrogens is 912 g/mol. The fourth-order valence-corrected chi connectivity index (χ4v) is 8.29. The minimum atomic E-state index is -0.850. The predicted molar refractivity (Wildman–Crippen MR) is 215 cm³/mol. The quantitative estimate of drug-likeness (QED) is 0.102. The standard InChI is InChI=1S/C40H44Br4O7/c1-6-28(45)19-50-37-33(41)15-26(16-34(37)42)40(4,5)27-17-35(43)38(36(44)18-27)51-21-29(46)20-47-30-11-7-24(8-12-30)39(2,3)25-9-13-31(14-10-25)48-22-32-23-49-32/h7-18,28-29,32,45-46H,6,19-23H2,1-5H3. The van der Waals surface area contributed by atoms with Crippen LogP contribution in [0.15, 0.2) is 90.7 Å². The molecule has 0 aliphatic carbocycles. The van der Waals surface area contributed by atoms with E-state index in [4.69, 9.17) is 23.7 Å². The van der Waals surface area contributed by atoms with E-state index in [1.807, 2.05) is 55.5 Å². The Morgan fingerprint density at radius 3 is 1.39 bits per heavy atom. The maximum atomic E-state index is 10.7. The summed E-state index contributed by atoms with van der Waals surface area (Å²) in [6, 6.07) is 24.3. The van der Waals surface area contributed by atoms with Crippen LogP contribution in [0.25, 0.3) is 0 Å². The molecule has 1 saturated heterocycles. The molecule has 0 saturated carbocycles. The van der Waals surface area contributed by atoms with E-state index in [0.29, 0.717) is 30.3 Å². The molecular formula is C40H44Br4O7. The monoisotopic (exact) mass is 952 g/mol. The number of rotatable bonds is 17. The summed E-state index contributed by atoms with van der Waals surface area (Å²) in [5.41, 5.74) is 3.82. The zero-order chi connectivity index (χ0) is 36.9. The van der Waals surface area contributed by atoms with Gasteiger partial charge in [-0.15, -0.1) is 0 Å². The highest BCUT2D eigenvalue weighted by Crippen LogP contribution is 2.44. The first-order valence-corrected chi connectivity index (χ1v) is 20.0. The molecule has 0 radical (unpaired) electrons. The topological polar surface area (TPSA) is 89.9 Å². The highest BCUT2D eigenvalue weighted by Gasteiger charge is 2.28. The van der Waals surface area contributed by atoms with Crippen LogP contribution in [-0.4, -0.2) is 61.6 Å². The molecule has 0 amide bonds. The largest absolute Gasteiger partial charge is 0.491 e. The molecule has 1 aliphatic heterocycles. The van der Waals surface area contributed by atoms with Gasteiger partial charge in [0.05, 0.1) is 30.6 Å². The Kier molecular flexibility index (Phi) is 13.6. The van der Waals surface area contributed by atoms with Crippen molar-refractivity contribution in [3.63, 3.8) is 0 Å². The van der Waals surface area contributed by atoms with Gasteiger partial charge in [0, 0.05) is 10.8 Å². The van der Waals surface area contributed by atoms with Crippen LogP contribution in [-0.2, 0) is 15.6 Å². The molecule has 3 unspecified atom stereocenters. The van der Waals surface area contributed by atoms with Crippen LogP contribution < -0.4 is 18.9 Å². The lowest BCUT2D eigenvalue weighted by Crippen LogP contribution is -2.25. The molecule has 5 rings (SSSR count). The minimum absolute atomic E-state index is 0.0481. The third-order valence-corrected chi connectivity index (χ3v) is 11.5. The van der Waals surface area contributed by atoms with E-state index in [2.05, 4.69) is 116 Å². The van der Waals surface area contributed by atoms with E-state index in [0.717, 1.165) is 46.9 Å². The van der Waals surface area contributed by atoms with Gasteiger partial charge in [-0.2, -0.15) is 0 Å². The second-order valence-corrected chi connectivity index (χ2v) is 17.2. The van der Waals surface area contributed by atoms with E-state index in [-0.39, 0.29) is 36.8 Å². The van der Waals surface area contributed by atoms with Crippen LogP contribution >= 0.6 is 63.7 Å². The summed E-state index contributed by atoms with van der Waals surface area (Å²) in [5, 5.41) is 20.7. The Labute approximate surface area is 334 Å². The first-order chi connectivity index (χ1) is 24.2. The number of aliphatic hydroxyl groups excluding tert-OH is 2. The van der Waals surface area contributed by atoms with Crippen molar-refractivity contribution < 1.29 is 33.9 Å². The minimum Gasteiger partial charge on any atom is -0.491 e. The lowest BCUT2D eigenvalue weighted by Gasteiger charge is -2.28. The molecule has 51 heavy (non-hydrogen) atoms. The molecule has 4 aromatic carbocycles. The number of hydrogen-bond donors (Lipinski definition) is 2. The van der Waals surface area contributed by atoms with Gasteiger partial charge in [0.25, 0.3) is 0 Å². The van der Waals surface area contributed by atoms with Crippen LogP contribution in [0.3, 0.4) is 0 Å². The first-order valence-electron chi connectivity index (χ1n) is 16.9. The smallest absolute Gasteiger partial charge is 0.147 e. The van der Waals surface area contributed by atoms with Gasteiger partial charge >= 0.3 is 0 Å². The molecule has 2 N–H and O–H groups in total.